The van der Waals surface area contributed by atoms with Crippen molar-refractivity contribution in [2.75, 3.05) is 25.9 Å². The number of hydrogen-bond acceptors (Lipinski definition) is 3. The van der Waals surface area contributed by atoms with Crippen LogP contribution in [0.4, 0.5) is 4.39 Å². The first kappa shape index (κ1) is 20.4. The predicted molar refractivity (Wildman–Crippen MR) is 100 cm³/mol. The van der Waals surface area contributed by atoms with E-state index in [0.29, 0.717) is 17.0 Å². The van der Waals surface area contributed by atoms with Crippen LogP contribution in [0, 0.1) is 5.82 Å². The third-order valence-electron chi connectivity index (χ3n) is 3.76. The van der Waals surface area contributed by atoms with Gasteiger partial charge in [-0.1, -0.05) is 23.7 Å². The Hall–Kier alpha value is -1.96. The fourth-order valence-corrected chi connectivity index (χ4v) is 3.45. The lowest BCUT2D eigenvalue weighted by Gasteiger charge is -2.20. The van der Waals surface area contributed by atoms with Gasteiger partial charge in [-0.3, -0.25) is 4.79 Å². The summed E-state index contributed by atoms with van der Waals surface area (Å²) in [4.78, 5) is 12.0. The Morgan fingerprint density at radius 3 is 2.46 bits per heavy atom. The van der Waals surface area contributed by atoms with Crippen molar-refractivity contribution in [2.45, 2.75) is 6.42 Å². The van der Waals surface area contributed by atoms with Gasteiger partial charge < -0.3 is 5.32 Å². The number of nitrogens with zero attached hydrogens (tertiary/aromatic N) is 1. The van der Waals surface area contributed by atoms with Gasteiger partial charge in [0.25, 0.3) is 5.91 Å². The maximum absolute atomic E-state index is 12.9. The molecule has 140 valence electrons. The number of benzene rings is 2. The molecule has 0 heterocycles. The molecule has 0 aliphatic rings. The Morgan fingerprint density at radius 2 is 1.85 bits per heavy atom. The Kier molecular flexibility index (Phi) is 7.14. The maximum Gasteiger partial charge on any atom is 0.251 e. The normalized spacial score (nSPS) is 11.5. The number of nitrogens with one attached hydrogen (secondary N) is 1. The van der Waals surface area contributed by atoms with Crippen LogP contribution in [0.15, 0.2) is 48.5 Å². The second-order valence-corrected chi connectivity index (χ2v) is 8.22. The molecule has 0 atom stereocenters. The van der Waals surface area contributed by atoms with Crippen molar-refractivity contribution in [3.05, 3.63) is 70.5 Å². The van der Waals surface area contributed by atoms with Crippen molar-refractivity contribution >= 4 is 27.5 Å². The van der Waals surface area contributed by atoms with Crippen molar-refractivity contribution in [1.82, 2.24) is 9.62 Å². The molecule has 0 spiro atoms. The number of carbonyl (C=O) groups excluding carboxylic acids is 1. The summed E-state index contributed by atoms with van der Waals surface area (Å²) in [7, 11) is -3.41. The lowest BCUT2D eigenvalue weighted by atomic mass is 10.1. The third-order valence-corrected chi connectivity index (χ3v) is 5.30. The molecule has 0 unspecified atom stereocenters. The van der Waals surface area contributed by atoms with Crippen LogP contribution < -0.4 is 5.32 Å². The molecule has 0 aliphatic heterocycles. The lowest BCUT2D eigenvalue weighted by molar-refractivity contribution is 0.0951. The molecular weight excluding hydrogens is 379 g/mol. The highest BCUT2D eigenvalue weighted by molar-refractivity contribution is 7.88. The summed E-state index contributed by atoms with van der Waals surface area (Å²) in [6.07, 6.45) is 1.65. The van der Waals surface area contributed by atoms with E-state index >= 15 is 0 Å². The number of carbonyl (C=O) groups is 1. The Bertz CT molecular complexity index is 857. The minimum atomic E-state index is -3.41. The number of amides is 1. The van der Waals surface area contributed by atoms with Crippen LogP contribution in [-0.4, -0.2) is 44.5 Å². The minimum Gasteiger partial charge on any atom is -0.351 e. The van der Waals surface area contributed by atoms with Gasteiger partial charge in [-0.25, -0.2) is 17.1 Å². The molecule has 1 amide bonds. The average Bonchev–Trinajstić information content (AvgIpc) is 2.57. The second-order valence-electron chi connectivity index (χ2n) is 5.80. The molecule has 26 heavy (non-hydrogen) atoms. The largest absolute Gasteiger partial charge is 0.351 e. The average molecular weight is 399 g/mol. The summed E-state index contributed by atoms with van der Waals surface area (Å²) in [6.45, 7) is 0.580. The molecule has 0 bridgehead atoms. The van der Waals surface area contributed by atoms with E-state index in [2.05, 4.69) is 5.32 Å². The van der Waals surface area contributed by atoms with Gasteiger partial charge in [0.1, 0.15) is 5.82 Å². The van der Waals surface area contributed by atoms with E-state index in [1.165, 1.54) is 28.6 Å². The van der Waals surface area contributed by atoms with E-state index < -0.39 is 15.8 Å². The van der Waals surface area contributed by atoms with Gasteiger partial charge in [-0.05, 0) is 48.4 Å². The van der Waals surface area contributed by atoms with E-state index in [0.717, 1.165) is 11.8 Å². The summed E-state index contributed by atoms with van der Waals surface area (Å²) in [5, 5.41) is 3.24. The fourth-order valence-electron chi connectivity index (χ4n) is 2.39. The molecule has 2 aromatic rings. The van der Waals surface area contributed by atoms with E-state index in [1.54, 1.807) is 12.1 Å². The number of sulfonamides is 1. The molecule has 0 aromatic heterocycles. The lowest BCUT2D eigenvalue weighted by Crippen LogP contribution is -2.39. The van der Waals surface area contributed by atoms with E-state index in [1.807, 2.05) is 12.1 Å². The highest BCUT2D eigenvalue weighted by Gasteiger charge is 2.16. The van der Waals surface area contributed by atoms with Gasteiger partial charge in [-0.15, -0.1) is 0 Å². The van der Waals surface area contributed by atoms with Gasteiger partial charge in [0.2, 0.25) is 10.0 Å². The van der Waals surface area contributed by atoms with Gasteiger partial charge in [0.05, 0.1) is 6.26 Å². The first-order chi connectivity index (χ1) is 12.3. The first-order valence-corrected chi connectivity index (χ1v) is 10.2. The molecule has 0 fully saturated rings. The summed E-state index contributed by atoms with van der Waals surface area (Å²) in [6, 6.07) is 12.4. The summed E-state index contributed by atoms with van der Waals surface area (Å²) in [5.74, 6) is -0.806. The number of rotatable bonds is 8. The quantitative estimate of drug-likeness (QED) is 0.743. The summed E-state index contributed by atoms with van der Waals surface area (Å²) >= 11 is 5.93. The zero-order valence-corrected chi connectivity index (χ0v) is 15.9. The number of halogens is 2. The Labute approximate surface area is 157 Å². The van der Waals surface area contributed by atoms with Crippen LogP contribution in [0.25, 0.3) is 0 Å². The summed E-state index contributed by atoms with van der Waals surface area (Å²) in [5.41, 5.74) is 1.25. The monoisotopic (exact) mass is 398 g/mol. The molecular formula is C18H20ClFN2O3S. The molecule has 5 nitrogen and oxygen atoms in total. The standard InChI is InChI=1S/C18H20ClFN2O3S/c1-26(24,25)22(11-9-14-3-2-4-16(19)13-14)12-10-21-18(23)15-5-7-17(20)8-6-15/h2-8,13H,9-12H2,1H3,(H,21,23). The van der Waals surface area contributed by atoms with Gasteiger partial charge in [0.15, 0.2) is 0 Å². The molecule has 0 radical (unpaired) electrons. The maximum atomic E-state index is 12.9. The van der Waals surface area contributed by atoms with E-state index in [4.69, 9.17) is 11.6 Å². The van der Waals surface area contributed by atoms with E-state index in [-0.39, 0.29) is 25.5 Å². The van der Waals surface area contributed by atoms with Crippen LogP contribution in [0.2, 0.25) is 5.02 Å². The molecule has 1 N–H and O–H groups in total. The first-order valence-electron chi connectivity index (χ1n) is 7.99. The van der Waals surface area contributed by atoms with Crippen molar-refractivity contribution in [1.29, 1.82) is 0 Å². The SMILES string of the molecule is CS(=O)(=O)N(CCNC(=O)c1ccc(F)cc1)CCc1cccc(Cl)c1. The van der Waals surface area contributed by atoms with Gasteiger partial charge in [-0.2, -0.15) is 0 Å². The molecule has 0 aliphatic carbocycles. The third kappa shape index (κ3) is 6.40. The Morgan fingerprint density at radius 1 is 1.15 bits per heavy atom. The Balaban J connectivity index is 1.89. The van der Waals surface area contributed by atoms with Crippen molar-refractivity contribution in [3.8, 4) is 0 Å². The van der Waals surface area contributed by atoms with Crippen LogP contribution in [0.1, 0.15) is 15.9 Å². The minimum absolute atomic E-state index is 0.145. The van der Waals surface area contributed by atoms with Gasteiger partial charge >= 0.3 is 0 Å². The zero-order valence-electron chi connectivity index (χ0n) is 14.3. The zero-order chi connectivity index (χ0) is 19.2. The smallest absolute Gasteiger partial charge is 0.251 e. The van der Waals surface area contributed by atoms with Crippen LogP contribution in [0.5, 0.6) is 0 Å². The highest BCUT2D eigenvalue weighted by Crippen LogP contribution is 2.12. The fraction of sp³-hybridized carbons (Fsp3) is 0.278. The van der Waals surface area contributed by atoms with Crippen LogP contribution in [-0.2, 0) is 16.4 Å². The van der Waals surface area contributed by atoms with E-state index in [9.17, 15) is 17.6 Å². The van der Waals surface area contributed by atoms with Crippen molar-refractivity contribution in [2.24, 2.45) is 0 Å². The molecule has 2 aromatic carbocycles. The van der Waals surface area contributed by atoms with Crippen molar-refractivity contribution < 1.29 is 17.6 Å². The number of hydrogen-bond donors (Lipinski definition) is 1. The second kappa shape index (κ2) is 9.12. The molecule has 2 rings (SSSR count). The predicted octanol–water partition coefficient (Wildman–Crippen LogP) is 2.71. The highest BCUT2D eigenvalue weighted by atomic mass is 35.5. The van der Waals surface area contributed by atoms with Crippen LogP contribution >= 0.6 is 11.6 Å². The molecule has 8 heteroatoms. The molecule has 0 saturated carbocycles. The van der Waals surface area contributed by atoms with Crippen molar-refractivity contribution in [3.63, 3.8) is 0 Å². The van der Waals surface area contributed by atoms with Gasteiger partial charge in [0, 0.05) is 30.2 Å². The summed E-state index contributed by atoms with van der Waals surface area (Å²) < 4.78 is 38.1. The molecule has 0 saturated heterocycles. The van der Waals surface area contributed by atoms with Crippen LogP contribution in [0.3, 0.4) is 0 Å². The topological polar surface area (TPSA) is 66.5 Å².